The van der Waals surface area contributed by atoms with Gasteiger partial charge < -0.3 is 15.5 Å². The van der Waals surface area contributed by atoms with E-state index in [0.717, 1.165) is 57.7 Å². The summed E-state index contributed by atoms with van der Waals surface area (Å²) in [5, 5.41) is 5.74. The molecule has 1 aromatic rings. The van der Waals surface area contributed by atoms with Crippen LogP contribution in [0, 0.1) is 5.82 Å². The minimum absolute atomic E-state index is 0.00811. The van der Waals surface area contributed by atoms with E-state index < -0.39 is 0 Å². The van der Waals surface area contributed by atoms with Crippen LogP contribution in [0.25, 0.3) is 0 Å². The standard InChI is InChI=1S/C20H31FN4O2/c1-17(26)22-10-4-2-3-5-20(27)23-11-12-24-13-15-25(16-14-24)19-8-6-18(21)7-9-19/h6-9H,2-5,10-16H2,1H3,(H,22,26)(H,23,27). The number of carbonyl (C=O) groups is 2. The molecule has 150 valence electrons. The number of halogens is 1. The van der Waals surface area contributed by atoms with Gasteiger partial charge in [0.1, 0.15) is 5.82 Å². The monoisotopic (exact) mass is 378 g/mol. The summed E-state index contributed by atoms with van der Waals surface area (Å²) < 4.78 is 13.0. The third-order valence-electron chi connectivity index (χ3n) is 4.77. The van der Waals surface area contributed by atoms with Gasteiger partial charge in [-0.3, -0.25) is 14.5 Å². The van der Waals surface area contributed by atoms with Crippen molar-refractivity contribution in [2.75, 3.05) is 50.7 Å². The van der Waals surface area contributed by atoms with Crippen LogP contribution in [-0.4, -0.2) is 62.5 Å². The van der Waals surface area contributed by atoms with Crippen LogP contribution in [0.2, 0.25) is 0 Å². The lowest BCUT2D eigenvalue weighted by molar-refractivity contribution is -0.121. The van der Waals surface area contributed by atoms with Crippen molar-refractivity contribution >= 4 is 17.5 Å². The molecule has 2 N–H and O–H groups in total. The highest BCUT2D eigenvalue weighted by Crippen LogP contribution is 2.16. The Morgan fingerprint density at radius 2 is 1.67 bits per heavy atom. The third-order valence-corrected chi connectivity index (χ3v) is 4.77. The van der Waals surface area contributed by atoms with E-state index in [2.05, 4.69) is 20.4 Å². The molecule has 0 bridgehead atoms. The topological polar surface area (TPSA) is 64.7 Å². The third kappa shape index (κ3) is 8.39. The van der Waals surface area contributed by atoms with Crippen LogP contribution in [0.1, 0.15) is 32.6 Å². The fraction of sp³-hybridized carbons (Fsp3) is 0.600. The van der Waals surface area contributed by atoms with Crippen molar-refractivity contribution in [2.45, 2.75) is 32.6 Å². The van der Waals surface area contributed by atoms with E-state index in [-0.39, 0.29) is 17.6 Å². The van der Waals surface area contributed by atoms with E-state index in [9.17, 15) is 14.0 Å². The first kappa shape index (κ1) is 21.2. The van der Waals surface area contributed by atoms with Gasteiger partial charge in [-0.25, -0.2) is 4.39 Å². The molecule has 0 atom stereocenters. The molecular formula is C20H31FN4O2. The second kappa shape index (κ2) is 11.5. The summed E-state index contributed by atoms with van der Waals surface area (Å²) >= 11 is 0. The summed E-state index contributed by atoms with van der Waals surface area (Å²) in [4.78, 5) is 27.2. The second-order valence-corrected chi connectivity index (χ2v) is 6.95. The molecule has 27 heavy (non-hydrogen) atoms. The van der Waals surface area contributed by atoms with E-state index in [0.29, 0.717) is 19.5 Å². The van der Waals surface area contributed by atoms with Crippen LogP contribution in [0.4, 0.5) is 10.1 Å². The van der Waals surface area contributed by atoms with Crippen molar-refractivity contribution < 1.29 is 14.0 Å². The number of benzene rings is 1. The first-order chi connectivity index (χ1) is 13.0. The van der Waals surface area contributed by atoms with Crippen molar-refractivity contribution in [1.29, 1.82) is 0 Å². The van der Waals surface area contributed by atoms with Crippen LogP contribution in [0.15, 0.2) is 24.3 Å². The first-order valence-electron chi connectivity index (χ1n) is 9.78. The highest BCUT2D eigenvalue weighted by Gasteiger charge is 2.17. The molecule has 2 rings (SSSR count). The average molecular weight is 378 g/mol. The number of hydrogen-bond donors (Lipinski definition) is 2. The molecule has 2 amide bonds. The molecule has 0 spiro atoms. The first-order valence-corrected chi connectivity index (χ1v) is 9.78. The van der Waals surface area contributed by atoms with Gasteiger partial charge in [-0.05, 0) is 37.1 Å². The Hall–Kier alpha value is -2.15. The van der Waals surface area contributed by atoms with Gasteiger partial charge in [0.2, 0.25) is 11.8 Å². The van der Waals surface area contributed by atoms with Gasteiger partial charge in [0.05, 0.1) is 0 Å². The molecule has 0 unspecified atom stereocenters. The Morgan fingerprint density at radius 3 is 2.33 bits per heavy atom. The number of hydrogen-bond acceptors (Lipinski definition) is 4. The van der Waals surface area contributed by atoms with Gasteiger partial charge in [0, 0.05) is 64.8 Å². The molecule has 0 radical (unpaired) electrons. The predicted molar refractivity (Wildman–Crippen MR) is 105 cm³/mol. The van der Waals surface area contributed by atoms with Gasteiger partial charge in [-0.1, -0.05) is 6.42 Å². The lowest BCUT2D eigenvalue weighted by Gasteiger charge is -2.36. The largest absolute Gasteiger partial charge is 0.369 e. The molecule has 1 aliphatic rings. The zero-order chi connectivity index (χ0) is 19.5. The number of anilines is 1. The summed E-state index contributed by atoms with van der Waals surface area (Å²) in [5.74, 6) is -0.119. The number of carbonyl (C=O) groups excluding carboxylic acids is 2. The molecule has 1 saturated heterocycles. The van der Waals surface area contributed by atoms with Crippen LogP contribution >= 0.6 is 0 Å². The van der Waals surface area contributed by atoms with Crippen LogP contribution in [0.3, 0.4) is 0 Å². The van der Waals surface area contributed by atoms with E-state index in [1.54, 1.807) is 0 Å². The van der Waals surface area contributed by atoms with Crippen molar-refractivity contribution in [1.82, 2.24) is 15.5 Å². The van der Waals surface area contributed by atoms with E-state index in [4.69, 9.17) is 0 Å². The zero-order valence-electron chi connectivity index (χ0n) is 16.2. The van der Waals surface area contributed by atoms with Crippen molar-refractivity contribution in [3.8, 4) is 0 Å². The minimum atomic E-state index is -0.208. The minimum Gasteiger partial charge on any atom is -0.369 e. The molecule has 1 fully saturated rings. The lowest BCUT2D eigenvalue weighted by atomic mass is 10.2. The summed E-state index contributed by atoms with van der Waals surface area (Å²) in [5.41, 5.74) is 1.06. The highest BCUT2D eigenvalue weighted by atomic mass is 19.1. The number of rotatable bonds is 10. The number of nitrogens with zero attached hydrogens (tertiary/aromatic N) is 2. The van der Waals surface area contributed by atoms with Crippen LogP contribution in [0.5, 0.6) is 0 Å². The maximum atomic E-state index is 13.0. The number of amides is 2. The Kier molecular flexibility index (Phi) is 9.04. The van der Waals surface area contributed by atoms with Crippen LogP contribution < -0.4 is 15.5 Å². The average Bonchev–Trinajstić information content (AvgIpc) is 2.65. The molecule has 1 aliphatic heterocycles. The number of unbranched alkanes of at least 4 members (excludes halogenated alkanes) is 2. The molecule has 1 heterocycles. The Labute approximate surface area is 161 Å². The molecule has 7 heteroatoms. The van der Waals surface area contributed by atoms with Gasteiger partial charge in [0.25, 0.3) is 0 Å². The number of nitrogens with one attached hydrogen (secondary N) is 2. The van der Waals surface area contributed by atoms with Crippen molar-refractivity contribution in [2.24, 2.45) is 0 Å². The van der Waals surface area contributed by atoms with E-state index >= 15 is 0 Å². The van der Waals surface area contributed by atoms with Gasteiger partial charge in [0.15, 0.2) is 0 Å². The van der Waals surface area contributed by atoms with Gasteiger partial charge >= 0.3 is 0 Å². The summed E-state index contributed by atoms with van der Waals surface area (Å²) in [6, 6.07) is 6.64. The fourth-order valence-electron chi connectivity index (χ4n) is 3.18. The SMILES string of the molecule is CC(=O)NCCCCCC(=O)NCCN1CCN(c2ccc(F)cc2)CC1. The highest BCUT2D eigenvalue weighted by molar-refractivity contribution is 5.75. The molecule has 0 aromatic heterocycles. The number of piperazine rings is 1. The molecular weight excluding hydrogens is 347 g/mol. The Morgan fingerprint density at radius 1 is 0.963 bits per heavy atom. The van der Waals surface area contributed by atoms with Gasteiger partial charge in [-0.15, -0.1) is 0 Å². The van der Waals surface area contributed by atoms with E-state index in [1.165, 1.54) is 19.1 Å². The van der Waals surface area contributed by atoms with Crippen LogP contribution in [-0.2, 0) is 9.59 Å². The normalized spacial score (nSPS) is 14.8. The molecule has 6 nitrogen and oxygen atoms in total. The zero-order valence-corrected chi connectivity index (χ0v) is 16.2. The van der Waals surface area contributed by atoms with Crippen molar-refractivity contribution in [3.05, 3.63) is 30.1 Å². The van der Waals surface area contributed by atoms with Gasteiger partial charge in [-0.2, -0.15) is 0 Å². The Bertz CT molecular complexity index is 586. The molecule has 0 aliphatic carbocycles. The summed E-state index contributed by atoms with van der Waals surface area (Å²) in [6.07, 6.45) is 3.24. The molecule has 1 aromatic carbocycles. The fourth-order valence-corrected chi connectivity index (χ4v) is 3.18. The second-order valence-electron chi connectivity index (χ2n) is 6.95. The van der Waals surface area contributed by atoms with E-state index in [1.807, 2.05) is 12.1 Å². The lowest BCUT2D eigenvalue weighted by Crippen LogP contribution is -2.48. The smallest absolute Gasteiger partial charge is 0.220 e. The molecule has 0 saturated carbocycles. The summed E-state index contributed by atoms with van der Waals surface area (Å²) in [7, 11) is 0. The maximum absolute atomic E-state index is 13.0. The maximum Gasteiger partial charge on any atom is 0.220 e. The van der Waals surface area contributed by atoms with Crippen molar-refractivity contribution in [3.63, 3.8) is 0 Å². The predicted octanol–water partition coefficient (Wildman–Crippen LogP) is 1.76. The quantitative estimate of drug-likeness (QED) is 0.609. The Balaban J connectivity index is 1.50. The summed E-state index contributed by atoms with van der Waals surface area (Å²) in [6.45, 7) is 7.41.